The first kappa shape index (κ1) is 21.6. The zero-order valence-electron chi connectivity index (χ0n) is 18.2. The van der Waals surface area contributed by atoms with E-state index in [1.807, 2.05) is 41.8 Å². The van der Waals surface area contributed by atoms with Crippen molar-refractivity contribution in [2.45, 2.75) is 26.4 Å². The molecular formula is C25H30N4OS. The summed E-state index contributed by atoms with van der Waals surface area (Å²) in [5.41, 5.74) is 10.2. The Hall–Kier alpha value is -2.67. The second kappa shape index (κ2) is 9.64. The fourth-order valence-corrected chi connectivity index (χ4v) is 4.64. The molecule has 0 radical (unpaired) electrons. The van der Waals surface area contributed by atoms with Crippen molar-refractivity contribution in [3.05, 3.63) is 71.1 Å². The van der Waals surface area contributed by atoms with Crippen molar-refractivity contribution in [1.29, 1.82) is 0 Å². The maximum absolute atomic E-state index is 12.8. The van der Waals surface area contributed by atoms with Gasteiger partial charge in [-0.25, -0.2) is 0 Å². The molecule has 1 aliphatic rings. The van der Waals surface area contributed by atoms with Gasteiger partial charge < -0.3 is 11.1 Å². The predicted molar refractivity (Wildman–Crippen MR) is 131 cm³/mol. The number of nitrogens with two attached hydrogens (primary N) is 1. The van der Waals surface area contributed by atoms with Gasteiger partial charge in [-0.15, -0.1) is 11.3 Å². The number of rotatable bonds is 6. The van der Waals surface area contributed by atoms with E-state index in [4.69, 9.17) is 5.73 Å². The monoisotopic (exact) mass is 434 g/mol. The van der Waals surface area contributed by atoms with Crippen LogP contribution in [-0.4, -0.2) is 47.9 Å². The molecule has 5 nitrogen and oxygen atoms in total. The lowest BCUT2D eigenvalue weighted by Gasteiger charge is -2.36. The molecule has 0 atom stereocenters. The molecule has 0 aliphatic carbocycles. The van der Waals surface area contributed by atoms with Crippen LogP contribution < -0.4 is 11.1 Å². The van der Waals surface area contributed by atoms with Crippen molar-refractivity contribution < 1.29 is 4.79 Å². The molecule has 1 amide bonds. The van der Waals surface area contributed by atoms with Crippen LogP contribution >= 0.6 is 11.3 Å². The summed E-state index contributed by atoms with van der Waals surface area (Å²) in [5.74, 6) is -0.146. The number of nitrogens with one attached hydrogen (secondary N) is 1. The summed E-state index contributed by atoms with van der Waals surface area (Å²) in [7, 11) is 0. The van der Waals surface area contributed by atoms with Gasteiger partial charge in [0.05, 0.1) is 11.4 Å². The van der Waals surface area contributed by atoms with Gasteiger partial charge in [0.1, 0.15) is 0 Å². The molecule has 6 heteroatoms. The zero-order chi connectivity index (χ0) is 21.8. The summed E-state index contributed by atoms with van der Waals surface area (Å²) >= 11 is 1.66. The summed E-state index contributed by atoms with van der Waals surface area (Å²) in [6.45, 7) is 9.83. The van der Waals surface area contributed by atoms with E-state index in [9.17, 15) is 4.79 Å². The summed E-state index contributed by atoms with van der Waals surface area (Å²) in [6, 6.07) is 18.3. The number of carbonyl (C=O) groups excluding carboxylic acids is 1. The third-order valence-electron chi connectivity index (χ3n) is 5.87. The number of piperazine rings is 1. The van der Waals surface area contributed by atoms with Crippen molar-refractivity contribution in [3.63, 3.8) is 0 Å². The van der Waals surface area contributed by atoms with Crippen LogP contribution in [-0.2, 0) is 6.54 Å². The van der Waals surface area contributed by atoms with Gasteiger partial charge >= 0.3 is 0 Å². The fourth-order valence-electron chi connectivity index (χ4n) is 3.91. The lowest BCUT2D eigenvalue weighted by molar-refractivity contribution is 0.102. The Balaban J connectivity index is 1.37. The van der Waals surface area contributed by atoms with Crippen LogP contribution in [0.1, 0.15) is 29.8 Å². The summed E-state index contributed by atoms with van der Waals surface area (Å²) in [5, 5.41) is 5.01. The van der Waals surface area contributed by atoms with Gasteiger partial charge in [-0.1, -0.05) is 24.3 Å². The number of nitrogen functional groups attached to an aromatic ring is 1. The SMILES string of the molecule is CC(C)N1CCN(Cc2ccc(C(=O)Nc3cc(-c4cccs4)ccc3N)cc2)CC1. The Labute approximate surface area is 188 Å². The third-order valence-corrected chi connectivity index (χ3v) is 6.79. The fraction of sp³-hybridized carbons (Fsp3) is 0.320. The lowest BCUT2D eigenvalue weighted by atomic mass is 10.1. The Kier molecular flexibility index (Phi) is 6.70. The van der Waals surface area contributed by atoms with Crippen molar-refractivity contribution in [2.75, 3.05) is 37.2 Å². The maximum Gasteiger partial charge on any atom is 0.255 e. The Bertz CT molecular complexity index is 1010. The van der Waals surface area contributed by atoms with Crippen LogP contribution in [0.4, 0.5) is 11.4 Å². The van der Waals surface area contributed by atoms with Crippen LogP contribution in [0.15, 0.2) is 60.0 Å². The highest BCUT2D eigenvalue weighted by Gasteiger charge is 2.19. The molecule has 3 N–H and O–H groups in total. The smallest absolute Gasteiger partial charge is 0.255 e. The molecule has 0 spiro atoms. The number of benzene rings is 2. The van der Waals surface area contributed by atoms with E-state index in [0.717, 1.165) is 43.2 Å². The molecule has 2 heterocycles. The zero-order valence-corrected chi connectivity index (χ0v) is 19.0. The second-order valence-corrected chi connectivity index (χ2v) is 9.28. The summed E-state index contributed by atoms with van der Waals surface area (Å²) in [6.07, 6.45) is 0. The van der Waals surface area contributed by atoms with Gasteiger partial charge in [-0.05, 0) is 60.7 Å². The molecule has 3 aromatic rings. The van der Waals surface area contributed by atoms with E-state index in [1.54, 1.807) is 11.3 Å². The van der Waals surface area contributed by atoms with E-state index < -0.39 is 0 Å². The van der Waals surface area contributed by atoms with E-state index in [-0.39, 0.29) is 5.91 Å². The van der Waals surface area contributed by atoms with E-state index in [0.29, 0.717) is 23.0 Å². The normalized spacial score (nSPS) is 15.3. The molecule has 2 aromatic carbocycles. The van der Waals surface area contributed by atoms with E-state index >= 15 is 0 Å². The van der Waals surface area contributed by atoms with Crippen LogP contribution in [0, 0.1) is 0 Å². The number of anilines is 2. The van der Waals surface area contributed by atoms with Crippen molar-refractivity contribution >= 4 is 28.6 Å². The van der Waals surface area contributed by atoms with Crippen molar-refractivity contribution in [2.24, 2.45) is 0 Å². The number of thiophene rings is 1. The minimum absolute atomic E-state index is 0.146. The second-order valence-electron chi connectivity index (χ2n) is 8.34. The van der Waals surface area contributed by atoms with Gasteiger partial charge in [0.2, 0.25) is 0 Å². The van der Waals surface area contributed by atoms with E-state index in [1.165, 1.54) is 5.56 Å². The van der Waals surface area contributed by atoms with Crippen molar-refractivity contribution in [1.82, 2.24) is 9.80 Å². The maximum atomic E-state index is 12.8. The van der Waals surface area contributed by atoms with Crippen LogP contribution in [0.25, 0.3) is 10.4 Å². The van der Waals surface area contributed by atoms with Crippen LogP contribution in [0.2, 0.25) is 0 Å². The molecule has 0 unspecified atom stereocenters. The quantitative estimate of drug-likeness (QED) is 0.549. The summed E-state index contributed by atoms with van der Waals surface area (Å²) in [4.78, 5) is 18.9. The number of carbonyl (C=O) groups is 1. The first-order chi connectivity index (χ1) is 15.0. The minimum Gasteiger partial charge on any atom is -0.397 e. The van der Waals surface area contributed by atoms with Crippen molar-refractivity contribution in [3.8, 4) is 10.4 Å². The van der Waals surface area contributed by atoms with Gasteiger partial charge in [0, 0.05) is 49.2 Å². The first-order valence-electron chi connectivity index (χ1n) is 10.8. The number of amides is 1. The van der Waals surface area contributed by atoms with E-state index in [2.05, 4.69) is 47.2 Å². The van der Waals surface area contributed by atoms with Gasteiger partial charge in [0.15, 0.2) is 0 Å². The molecule has 1 fully saturated rings. The number of nitrogens with zero attached hydrogens (tertiary/aromatic N) is 2. The topological polar surface area (TPSA) is 61.6 Å². The first-order valence-corrected chi connectivity index (χ1v) is 11.7. The summed E-state index contributed by atoms with van der Waals surface area (Å²) < 4.78 is 0. The molecule has 1 aromatic heterocycles. The lowest BCUT2D eigenvalue weighted by Crippen LogP contribution is -2.48. The third kappa shape index (κ3) is 5.34. The molecule has 1 aliphatic heterocycles. The molecule has 0 saturated carbocycles. The average molecular weight is 435 g/mol. The average Bonchev–Trinajstić information content (AvgIpc) is 3.31. The molecule has 4 rings (SSSR count). The molecule has 1 saturated heterocycles. The molecule has 0 bridgehead atoms. The largest absolute Gasteiger partial charge is 0.397 e. The number of hydrogen-bond donors (Lipinski definition) is 2. The van der Waals surface area contributed by atoms with Crippen LogP contribution in [0.3, 0.4) is 0 Å². The highest BCUT2D eigenvalue weighted by atomic mass is 32.1. The molecule has 31 heavy (non-hydrogen) atoms. The predicted octanol–water partition coefficient (Wildman–Crippen LogP) is 4.78. The minimum atomic E-state index is -0.146. The van der Waals surface area contributed by atoms with Gasteiger partial charge in [0.25, 0.3) is 5.91 Å². The molecule has 162 valence electrons. The van der Waals surface area contributed by atoms with Crippen LogP contribution in [0.5, 0.6) is 0 Å². The standard InChI is InChI=1S/C25H30N4OS/c1-18(2)29-13-11-28(12-14-29)17-19-5-7-20(8-6-19)25(30)27-23-16-21(9-10-22(23)26)24-4-3-15-31-24/h3-10,15-16,18H,11-14,17,26H2,1-2H3,(H,27,30). The Morgan fingerprint density at radius 1 is 1.06 bits per heavy atom. The van der Waals surface area contributed by atoms with Gasteiger partial charge in [-0.2, -0.15) is 0 Å². The highest BCUT2D eigenvalue weighted by molar-refractivity contribution is 7.13. The Morgan fingerprint density at radius 2 is 1.81 bits per heavy atom. The molecular weight excluding hydrogens is 404 g/mol. The number of hydrogen-bond acceptors (Lipinski definition) is 5. The Morgan fingerprint density at radius 3 is 2.45 bits per heavy atom. The highest BCUT2D eigenvalue weighted by Crippen LogP contribution is 2.30. The van der Waals surface area contributed by atoms with Gasteiger partial charge in [-0.3, -0.25) is 14.6 Å².